The average molecular weight is 333 g/mol. The van der Waals surface area contributed by atoms with Gasteiger partial charge in [-0.1, -0.05) is 30.3 Å². The lowest BCUT2D eigenvalue weighted by Gasteiger charge is -2.06. The summed E-state index contributed by atoms with van der Waals surface area (Å²) in [5, 5.41) is 2.83. The molecule has 0 aliphatic heterocycles. The maximum Gasteiger partial charge on any atom is 0.246 e. The summed E-state index contributed by atoms with van der Waals surface area (Å²) in [6.07, 6.45) is 0.854. The predicted molar refractivity (Wildman–Crippen MR) is 90.8 cm³/mol. The van der Waals surface area contributed by atoms with Gasteiger partial charge in [0, 0.05) is 11.4 Å². The molecule has 2 aromatic rings. The molecule has 0 radical (unpaired) electrons. The second-order valence-electron chi connectivity index (χ2n) is 4.98. The van der Waals surface area contributed by atoms with E-state index in [-0.39, 0.29) is 18.3 Å². The number of carbonyl (C=O) groups is 1. The van der Waals surface area contributed by atoms with E-state index in [0.717, 1.165) is 22.6 Å². The molecule has 0 atom stereocenters. The molecule has 0 aliphatic rings. The number of rotatable bonds is 9. The first-order valence-electron chi connectivity index (χ1n) is 7.51. The summed E-state index contributed by atoms with van der Waals surface area (Å²) in [6.45, 7) is 1.12. The fourth-order valence-corrected chi connectivity index (χ4v) is 2.76. The number of ether oxygens (including phenoxy) is 1. The molecule has 0 bridgehead atoms. The highest BCUT2D eigenvalue weighted by Gasteiger charge is 2.01. The maximum absolute atomic E-state index is 12.8. The van der Waals surface area contributed by atoms with Gasteiger partial charge in [-0.3, -0.25) is 4.79 Å². The van der Waals surface area contributed by atoms with Crippen LogP contribution in [0, 0.1) is 5.82 Å². The van der Waals surface area contributed by atoms with Crippen molar-refractivity contribution < 1.29 is 13.9 Å². The maximum atomic E-state index is 12.8. The molecule has 0 saturated heterocycles. The first-order valence-corrected chi connectivity index (χ1v) is 8.49. The zero-order chi connectivity index (χ0) is 16.3. The zero-order valence-corrected chi connectivity index (χ0v) is 13.7. The summed E-state index contributed by atoms with van der Waals surface area (Å²) in [5.74, 6) is 0.543. The molecule has 0 aliphatic carbocycles. The van der Waals surface area contributed by atoms with Crippen LogP contribution < -0.4 is 5.32 Å². The van der Waals surface area contributed by atoms with Crippen LogP contribution in [0.3, 0.4) is 0 Å². The van der Waals surface area contributed by atoms with Crippen molar-refractivity contribution in [2.75, 3.05) is 18.9 Å². The van der Waals surface area contributed by atoms with Crippen molar-refractivity contribution in [2.45, 2.75) is 17.9 Å². The van der Waals surface area contributed by atoms with Crippen molar-refractivity contribution in [1.82, 2.24) is 5.32 Å². The van der Waals surface area contributed by atoms with E-state index in [1.165, 1.54) is 12.1 Å². The van der Waals surface area contributed by atoms with Gasteiger partial charge in [-0.25, -0.2) is 4.39 Å². The lowest BCUT2D eigenvalue weighted by atomic mass is 10.2. The third-order valence-corrected chi connectivity index (χ3v) is 4.17. The smallest absolute Gasteiger partial charge is 0.246 e. The van der Waals surface area contributed by atoms with Crippen LogP contribution in [0.4, 0.5) is 4.39 Å². The van der Waals surface area contributed by atoms with Gasteiger partial charge in [-0.05, 0) is 42.0 Å². The Bertz CT molecular complexity index is 590. The minimum absolute atomic E-state index is 0.0694. The molecule has 0 heterocycles. The van der Waals surface area contributed by atoms with E-state index in [4.69, 9.17) is 4.74 Å². The van der Waals surface area contributed by atoms with Crippen LogP contribution in [0.15, 0.2) is 59.5 Å². The molecule has 0 spiro atoms. The van der Waals surface area contributed by atoms with Gasteiger partial charge >= 0.3 is 0 Å². The number of thioether (sulfide) groups is 1. The molecule has 0 fully saturated rings. The number of carbonyl (C=O) groups excluding carboxylic acids is 1. The van der Waals surface area contributed by atoms with Crippen LogP contribution in [0.5, 0.6) is 0 Å². The van der Waals surface area contributed by atoms with Crippen molar-refractivity contribution in [2.24, 2.45) is 0 Å². The second kappa shape index (κ2) is 10.0. The molecule has 122 valence electrons. The van der Waals surface area contributed by atoms with Gasteiger partial charge in [0.05, 0.1) is 6.61 Å². The molecule has 1 amide bonds. The highest BCUT2D eigenvalue weighted by molar-refractivity contribution is 7.99. The van der Waals surface area contributed by atoms with E-state index in [1.54, 1.807) is 23.9 Å². The van der Waals surface area contributed by atoms with Gasteiger partial charge < -0.3 is 10.1 Å². The molecule has 2 aromatic carbocycles. The topological polar surface area (TPSA) is 38.3 Å². The standard InChI is InChI=1S/C18H20FNO2S/c19-16-7-9-17(10-8-16)23-12-4-11-20-18(21)14-22-13-15-5-2-1-3-6-15/h1-3,5-10H,4,11-14H2,(H,20,21). The summed E-state index contributed by atoms with van der Waals surface area (Å²) < 4.78 is 18.1. The number of benzene rings is 2. The summed E-state index contributed by atoms with van der Waals surface area (Å²) >= 11 is 1.65. The fraction of sp³-hybridized carbons (Fsp3) is 0.278. The van der Waals surface area contributed by atoms with Crippen LogP contribution in [0.25, 0.3) is 0 Å². The Kier molecular flexibility index (Phi) is 7.63. The number of amides is 1. The average Bonchev–Trinajstić information content (AvgIpc) is 2.57. The largest absolute Gasteiger partial charge is 0.367 e. The van der Waals surface area contributed by atoms with Gasteiger partial charge in [0.15, 0.2) is 0 Å². The second-order valence-corrected chi connectivity index (χ2v) is 6.15. The Morgan fingerprint density at radius 1 is 1.09 bits per heavy atom. The van der Waals surface area contributed by atoms with Crippen molar-refractivity contribution in [3.05, 3.63) is 66.0 Å². The van der Waals surface area contributed by atoms with Gasteiger partial charge in [0.1, 0.15) is 12.4 Å². The number of hydrogen-bond acceptors (Lipinski definition) is 3. The highest BCUT2D eigenvalue weighted by Crippen LogP contribution is 2.18. The van der Waals surface area contributed by atoms with Crippen molar-refractivity contribution in [1.29, 1.82) is 0 Å². The molecule has 5 heteroatoms. The molecule has 23 heavy (non-hydrogen) atoms. The van der Waals surface area contributed by atoms with Crippen LogP contribution in [-0.4, -0.2) is 24.8 Å². The van der Waals surface area contributed by atoms with E-state index in [1.807, 2.05) is 30.3 Å². The summed E-state index contributed by atoms with van der Waals surface area (Å²) in [5.41, 5.74) is 1.05. The third-order valence-electron chi connectivity index (χ3n) is 3.07. The van der Waals surface area contributed by atoms with Gasteiger partial charge in [0.2, 0.25) is 5.91 Å². The fourth-order valence-electron chi connectivity index (χ4n) is 1.91. The summed E-state index contributed by atoms with van der Waals surface area (Å²) in [7, 11) is 0. The number of hydrogen-bond donors (Lipinski definition) is 1. The lowest BCUT2D eigenvalue weighted by molar-refractivity contribution is -0.126. The number of halogens is 1. The SMILES string of the molecule is O=C(COCc1ccccc1)NCCCSc1ccc(F)cc1. The first kappa shape index (κ1) is 17.5. The van der Waals surface area contributed by atoms with Gasteiger partial charge in [-0.15, -0.1) is 11.8 Å². The van der Waals surface area contributed by atoms with Crippen LogP contribution in [0.2, 0.25) is 0 Å². The van der Waals surface area contributed by atoms with Crippen LogP contribution in [0.1, 0.15) is 12.0 Å². The summed E-state index contributed by atoms with van der Waals surface area (Å²) in [6, 6.07) is 16.2. The van der Waals surface area contributed by atoms with Crippen LogP contribution in [-0.2, 0) is 16.1 Å². The molecule has 0 unspecified atom stereocenters. The normalized spacial score (nSPS) is 10.5. The Labute approximate surface area is 140 Å². The zero-order valence-electron chi connectivity index (χ0n) is 12.8. The molecule has 0 aromatic heterocycles. The Balaban J connectivity index is 1.50. The summed E-state index contributed by atoms with van der Waals surface area (Å²) in [4.78, 5) is 12.7. The lowest BCUT2D eigenvalue weighted by Crippen LogP contribution is -2.28. The molecule has 3 nitrogen and oxygen atoms in total. The van der Waals surface area contributed by atoms with E-state index in [9.17, 15) is 9.18 Å². The van der Waals surface area contributed by atoms with Crippen LogP contribution >= 0.6 is 11.8 Å². The van der Waals surface area contributed by atoms with Crippen molar-refractivity contribution in [3.63, 3.8) is 0 Å². The molecule has 0 saturated carbocycles. The molecule has 2 rings (SSSR count). The first-order chi connectivity index (χ1) is 11.2. The Morgan fingerprint density at radius 2 is 1.83 bits per heavy atom. The van der Waals surface area contributed by atoms with Gasteiger partial charge in [0.25, 0.3) is 0 Å². The highest BCUT2D eigenvalue weighted by atomic mass is 32.2. The minimum atomic E-state index is -0.225. The minimum Gasteiger partial charge on any atom is -0.367 e. The molecular formula is C18H20FNO2S. The van der Waals surface area contributed by atoms with Gasteiger partial charge in [-0.2, -0.15) is 0 Å². The van der Waals surface area contributed by atoms with Crippen molar-refractivity contribution in [3.8, 4) is 0 Å². The monoisotopic (exact) mass is 333 g/mol. The predicted octanol–water partition coefficient (Wildman–Crippen LogP) is 3.64. The molecule has 1 N–H and O–H groups in total. The van der Waals surface area contributed by atoms with E-state index in [2.05, 4.69) is 5.32 Å². The van der Waals surface area contributed by atoms with E-state index < -0.39 is 0 Å². The van der Waals surface area contributed by atoms with Crippen molar-refractivity contribution >= 4 is 17.7 Å². The Morgan fingerprint density at radius 3 is 2.57 bits per heavy atom. The quantitative estimate of drug-likeness (QED) is 0.562. The van der Waals surface area contributed by atoms with E-state index in [0.29, 0.717) is 13.2 Å². The number of nitrogens with one attached hydrogen (secondary N) is 1. The Hall–Kier alpha value is -1.85. The molecular weight excluding hydrogens is 313 g/mol. The third kappa shape index (κ3) is 7.30. The van der Waals surface area contributed by atoms with E-state index >= 15 is 0 Å².